The van der Waals surface area contributed by atoms with Gasteiger partial charge in [0.1, 0.15) is 4.21 Å². The molecule has 3 rings (SSSR count). The van der Waals surface area contributed by atoms with Gasteiger partial charge in [-0.2, -0.15) is 4.31 Å². The number of rotatable bonds is 6. The second-order valence-corrected chi connectivity index (χ2v) is 9.25. The lowest BCUT2D eigenvalue weighted by Crippen LogP contribution is -2.27. The molecule has 0 atom stereocenters. The Hall–Kier alpha value is -1.74. The van der Waals surface area contributed by atoms with Crippen LogP contribution in [-0.2, 0) is 27.8 Å². The summed E-state index contributed by atoms with van der Waals surface area (Å²) in [4.78, 5) is 12.9. The number of amides is 1. The van der Waals surface area contributed by atoms with E-state index in [1.807, 2.05) is 0 Å². The van der Waals surface area contributed by atoms with Gasteiger partial charge in [-0.3, -0.25) is 4.79 Å². The molecule has 0 spiro atoms. The smallest absolute Gasteiger partial charge is 0.252 e. The zero-order valence-electron chi connectivity index (χ0n) is 13.6. The first-order valence-corrected chi connectivity index (χ1v) is 10.3. The molecule has 6 nitrogen and oxygen atoms in total. The van der Waals surface area contributed by atoms with Crippen molar-refractivity contribution in [2.45, 2.75) is 30.1 Å². The molecule has 2 N–H and O–H groups in total. The van der Waals surface area contributed by atoms with Crippen molar-refractivity contribution in [3.8, 4) is 0 Å². The minimum atomic E-state index is -3.43. The highest BCUT2D eigenvalue weighted by Gasteiger charge is 2.28. The van der Waals surface area contributed by atoms with E-state index >= 15 is 0 Å². The van der Waals surface area contributed by atoms with Gasteiger partial charge in [0.2, 0.25) is 5.91 Å². The van der Waals surface area contributed by atoms with Crippen LogP contribution in [0.15, 0.2) is 40.6 Å². The molecule has 134 valence electrons. The predicted molar refractivity (Wildman–Crippen MR) is 97.0 cm³/mol. The van der Waals surface area contributed by atoms with Crippen LogP contribution in [0.4, 0.5) is 5.69 Å². The largest absolute Gasteiger partial charge is 0.392 e. The number of anilines is 1. The molecule has 1 saturated heterocycles. The molecule has 0 unspecified atom stereocenters. The highest BCUT2D eigenvalue weighted by atomic mass is 32.2. The van der Waals surface area contributed by atoms with Crippen LogP contribution in [0.3, 0.4) is 0 Å². The monoisotopic (exact) mass is 380 g/mol. The third-order valence-corrected chi connectivity index (χ3v) is 7.48. The molecule has 1 amide bonds. The number of carbonyl (C=O) groups is 1. The Labute approximate surface area is 151 Å². The SMILES string of the molecule is O=C(Cc1ccc(S(=O)(=O)N2CCCC2)s1)Nc1cccc(CO)c1. The quantitative estimate of drug-likeness (QED) is 0.804. The fourth-order valence-electron chi connectivity index (χ4n) is 2.76. The lowest BCUT2D eigenvalue weighted by molar-refractivity contribution is -0.115. The van der Waals surface area contributed by atoms with Crippen LogP contribution in [-0.4, -0.2) is 36.8 Å². The molecule has 1 aromatic carbocycles. The molecule has 8 heteroatoms. The Morgan fingerprint density at radius 3 is 2.68 bits per heavy atom. The van der Waals surface area contributed by atoms with Gasteiger partial charge in [-0.1, -0.05) is 12.1 Å². The Morgan fingerprint density at radius 1 is 1.20 bits per heavy atom. The van der Waals surface area contributed by atoms with Gasteiger partial charge in [0, 0.05) is 23.7 Å². The van der Waals surface area contributed by atoms with Crippen molar-refractivity contribution >= 4 is 33.0 Å². The number of nitrogens with one attached hydrogen (secondary N) is 1. The zero-order valence-corrected chi connectivity index (χ0v) is 15.3. The summed E-state index contributed by atoms with van der Waals surface area (Å²) in [6.45, 7) is 1.04. The maximum absolute atomic E-state index is 12.5. The molecule has 0 saturated carbocycles. The van der Waals surface area contributed by atoms with E-state index < -0.39 is 10.0 Å². The van der Waals surface area contributed by atoms with Crippen LogP contribution >= 0.6 is 11.3 Å². The van der Waals surface area contributed by atoms with E-state index in [-0.39, 0.29) is 18.9 Å². The van der Waals surface area contributed by atoms with Gasteiger partial charge < -0.3 is 10.4 Å². The fourth-order valence-corrected chi connectivity index (χ4v) is 5.78. The fraction of sp³-hybridized carbons (Fsp3) is 0.353. The molecule has 1 fully saturated rings. The maximum Gasteiger partial charge on any atom is 0.252 e. The zero-order chi connectivity index (χ0) is 17.9. The first-order valence-electron chi connectivity index (χ1n) is 8.07. The average molecular weight is 380 g/mol. The summed E-state index contributed by atoms with van der Waals surface area (Å²) in [5.41, 5.74) is 1.32. The topological polar surface area (TPSA) is 86.7 Å². The van der Waals surface area contributed by atoms with Crippen molar-refractivity contribution < 1.29 is 18.3 Å². The molecule has 1 aliphatic rings. The second-order valence-electron chi connectivity index (χ2n) is 5.92. The van der Waals surface area contributed by atoms with Crippen molar-refractivity contribution in [3.05, 3.63) is 46.8 Å². The van der Waals surface area contributed by atoms with E-state index in [0.717, 1.165) is 24.2 Å². The Kier molecular flexibility index (Phi) is 5.53. The van der Waals surface area contributed by atoms with Gasteiger partial charge in [-0.25, -0.2) is 8.42 Å². The molecular weight excluding hydrogens is 360 g/mol. The summed E-state index contributed by atoms with van der Waals surface area (Å²) in [5, 5.41) is 11.9. The number of aliphatic hydroxyl groups excluding tert-OH is 1. The molecule has 0 aliphatic carbocycles. The minimum absolute atomic E-state index is 0.0909. The average Bonchev–Trinajstić information content (AvgIpc) is 3.27. The number of sulfonamides is 1. The Balaban J connectivity index is 1.65. The highest BCUT2D eigenvalue weighted by molar-refractivity contribution is 7.91. The molecule has 2 aromatic rings. The number of hydrogen-bond acceptors (Lipinski definition) is 5. The summed E-state index contributed by atoms with van der Waals surface area (Å²) < 4.78 is 26.8. The normalized spacial score (nSPS) is 15.4. The lowest BCUT2D eigenvalue weighted by atomic mass is 10.2. The van der Waals surface area contributed by atoms with Crippen LogP contribution in [0.2, 0.25) is 0 Å². The molecule has 1 aliphatic heterocycles. The third kappa shape index (κ3) is 4.27. The molecule has 0 radical (unpaired) electrons. The molecule has 2 heterocycles. The van der Waals surface area contributed by atoms with E-state index in [0.29, 0.717) is 33.4 Å². The molecular formula is C17H20N2O4S2. The molecule has 0 bridgehead atoms. The Bertz CT molecular complexity index is 855. The number of thiophene rings is 1. The van der Waals surface area contributed by atoms with Crippen LogP contribution in [0.25, 0.3) is 0 Å². The van der Waals surface area contributed by atoms with Gasteiger partial charge in [0.25, 0.3) is 10.0 Å². The van der Waals surface area contributed by atoms with Gasteiger partial charge in [-0.05, 0) is 42.7 Å². The number of hydrogen-bond donors (Lipinski definition) is 2. The van der Waals surface area contributed by atoms with Crippen molar-refractivity contribution in [1.29, 1.82) is 0 Å². The van der Waals surface area contributed by atoms with Gasteiger partial charge in [0.15, 0.2) is 0 Å². The number of aliphatic hydroxyl groups is 1. The lowest BCUT2D eigenvalue weighted by Gasteiger charge is -2.13. The predicted octanol–water partition coefficient (Wildman–Crippen LogP) is 2.21. The van der Waals surface area contributed by atoms with Crippen LogP contribution < -0.4 is 5.32 Å². The summed E-state index contributed by atoms with van der Waals surface area (Å²) in [5.74, 6) is -0.220. The first kappa shape index (κ1) is 18.1. The van der Waals surface area contributed by atoms with Crippen LogP contribution in [0, 0.1) is 0 Å². The maximum atomic E-state index is 12.5. The van der Waals surface area contributed by atoms with E-state index in [1.54, 1.807) is 36.4 Å². The van der Waals surface area contributed by atoms with Crippen molar-refractivity contribution in [3.63, 3.8) is 0 Å². The summed E-state index contributed by atoms with van der Waals surface area (Å²) in [6.07, 6.45) is 1.91. The molecule has 25 heavy (non-hydrogen) atoms. The van der Waals surface area contributed by atoms with E-state index in [4.69, 9.17) is 5.11 Å². The second kappa shape index (κ2) is 7.65. The van der Waals surface area contributed by atoms with Crippen molar-refractivity contribution in [2.75, 3.05) is 18.4 Å². The van der Waals surface area contributed by atoms with E-state index in [2.05, 4.69) is 5.32 Å². The van der Waals surface area contributed by atoms with Crippen molar-refractivity contribution in [2.24, 2.45) is 0 Å². The third-order valence-electron chi connectivity index (χ3n) is 4.02. The van der Waals surface area contributed by atoms with Crippen LogP contribution in [0.5, 0.6) is 0 Å². The minimum Gasteiger partial charge on any atom is -0.392 e. The molecule has 1 aromatic heterocycles. The highest BCUT2D eigenvalue weighted by Crippen LogP contribution is 2.27. The van der Waals surface area contributed by atoms with E-state index in [9.17, 15) is 13.2 Å². The number of nitrogens with zero attached hydrogens (tertiary/aromatic N) is 1. The Morgan fingerprint density at radius 2 is 1.96 bits per heavy atom. The first-order chi connectivity index (χ1) is 12.0. The standard InChI is InChI=1S/C17H20N2O4S2/c20-12-13-4-3-5-14(10-13)18-16(21)11-15-6-7-17(24-15)25(22,23)19-8-1-2-9-19/h3-7,10,20H,1-2,8-9,11-12H2,(H,18,21). The summed E-state index contributed by atoms with van der Waals surface area (Å²) in [7, 11) is -3.43. The summed E-state index contributed by atoms with van der Waals surface area (Å²) in [6, 6.07) is 10.2. The van der Waals surface area contributed by atoms with Crippen molar-refractivity contribution in [1.82, 2.24) is 4.31 Å². The number of carbonyl (C=O) groups excluding carboxylic acids is 1. The van der Waals surface area contributed by atoms with E-state index in [1.165, 1.54) is 4.31 Å². The van der Waals surface area contributed by atoms with Gasteiger partial charge >= 0.3 is 0 Å². The van der Waals surface area contributed by atoms with Gasteiger partial charge in [0.05, 0.1) is 13.0 Å². The van der Waals surface area contributed by atoms with Crippen LogP contribution in [0.1, 0.15) is 23.3 Å². The van der Waals surface area contributed by atoms with Gasteiger partial charge in [-0.15, -0.1) is 11.3 Å². The summed E-state index contributed by atoms with van der Waals surface area (Å²) >= 11 is 1.14. The number of benzene rings is 1.